The molecule has 7 heteroatoms. The van der Waals surface area contributed by atoms with Gasteiger partial charge in [0.15, 0.2) is 5.65 Å². The number of benzene rings is 1. The predicted molar refractivity (Wildman–Crippen MR) is 89.2 cm³/mol. The SMILES string of the molecule is COc1ccccc1CCNC(=O)Cn1nc2ccccn2c1=O. The van der Waals surface area contributed by atoms with Gasteiger partial charge in [0.25, 0.3) is 0 Å². The van der Waals surface area contributed by atoms with Crippen LogP contribution in [0.15, 0.2) is 53.5 Å². The molecule has 2 heterocycles. The third-order valence-electron chi connectivity index (χ3n) is 3.69. The van der Waals surface area contributed by atoms with Gasteiger partial charge in [-0.1, -0.05) is 24.3 Å². The molecular formula is C17H18N4O3. The number of pyridine rings is 1. The third-order valence-corrected chi connectivity index (χ3v) is 3.69. The molecule has 2 aromatic heterocycles. The second kappa shape index (κ2) is 6.99. The summed E-state index contributed by atoms with van der Waals surface area (Å²) < 4.78 is 7.84. The van der Waals surface area contributed by atoms with E-state index in [1.165, 1.54) is 4.40 Å². The first-order valence-electron chi connectivity index (χ1n) is 7.62. The first-order valence-corrected chi connectivity index (χ1v) is 7.62. The van der Waals surface area contributed by atoms with Gasteiger partial charge in [-0.05, 0) is 30.2 Å². The molecule has 1 aromatic carbocycles. The summed E-state index contributed by atoms with van der Waals surface area (Å²) >= 11 is 0. The smallest absolute Gasteiger partial charge is 0.350 e. The summed E-state index contributed by atoms with van der Waals surface area (Å²) in [6.45, 7) is 0.355. The maximum absolute atomic E-state index is 12.1. The molecule has 0 unspecified atom stereocenters. The lowest BCUT2D eigenvalue weighted by atomic mass is 10.1. The van der Waals surface area contributed by atoms with Gasteiger partial charge in [0, 0.05) is 12.7 Å². The van der Waals surface area contributed by atoms with Gasteiger partial charge < -0.3 is 10.1 Å². The highest BCUT2D eigenvalue weighted by atomic mass is 16.5. The van der Waals surface area contributed by atoms with E-state index in [1.807, 2.05) is 24.3 Å². The lowest BCUT2D eigenvalue weighted by Crippen LogP contribution is -2.33. The van der Waals surface area contributed by atoms with Crippen LogP contribution in [0.3, 0.4) is 0 Å². The number of para-hydroxylation sites is 1. The van der Waals surface area contributed by atoms with E-state index in [4.69, 9.17) is 4.74 Å². The zero-order chi connectivity index (χ0) is 16.9. The Hall–Kier alpha value is -3.09. The van der Waals surface area contributed by atoms with E-state index in [-0.39, 0.29) is 18.1 Å². The van der Waals surface area contributed by atoms with Crippen molar-refractivity contribution in [3.05, 3.63) is 64.7 Å². The van der Waals surface area contributed by atoms with Gasteiger partial charge in [0.2, 0.25) is 5.91 Å². The average Bonchev–Trinajstić information content (AvgIpc) is 2.91. The number of fused-ring (bicyclic) bond motifs is 1. The number of nitrogens with zero attached hydrogens (tertiary/aromatic N) is 3. The van der Waals surface area contributed by atoms with Crippen molar-refractivity contribution in [3.63, 3.8) is 0 Å². The molecule has 24 heavy (non-hydrogen) atoms. The van der Waals surface area contributed by atoms with Gasteiger partial charge in [0.1, 0.15) is 12.3 Å². The van der Waals surface area contributed by atoms with E-state index >= 15 is 0 Å². The summed E-state index contributed by atoms with van der Waals surface area (Å²) in [5, 5.41) is 6.93. The van der Waals surface area contributed by atoms with Crippen molar-refractivity contribution >= 4 is 11.6 Å². The Balaban J connectivity index is 1.59. The summed E-state index contributed by atoms with van der Waals surface area (Å²) in [7, 11) is 1.62. The second-order valence-electron chi connectivity index (χ2n) is 5.28. The number of ether oxygens (including phenoxy) is 1. The van der Waals surface area contributed by atoms with E-state index in [0.717, 1.165) is 16.0 Å². The zero-order valence-corrected chi connectivity index (χ0v) is 13.3. The summed E-state index contributed by atoms with van der Waals surface area (Å²) in [6, 6.07) is 12.9. The van der Waals surface area contributed by atoms with Crippen LogP contribution in [0, 0.1) is 0 Å². The summed E-state index contributed by atoms with van der Waals surface area (Å²) in [4.78, 5) is 24.1. The van der Waals surface area contributed by atoms with Crippen LogP contribution in [0.2, 0.25) is 0 Å². The average molecular weight is 326 g/mol. The second-order valence-corrected chi connectivity index (χ2v) is 5.28. The number of hydrogen-bond donors (Lipinski definition) is 1. The van der Waals surface area contributed by atoms with Crippen molar-refractivity contribution < 1.29 is 9.53 Å². The molecule has 3 rings (SSSR count). The molecule has 124 valence electrons. The highest BCUT2D eigenvalue weighted by Gasteiger charge is 2.10. The summed E-state index contributed by atoms with van der Waals surface area (Å²) in [5.41, 5.74) is 1.21. The summed E-state index contributed by atoms with van der Waals surface area (Å²) in [6.07, 6.45) is 2.27. The molecule has 0 radical (unpaired) electrons. The van der Waals surface area contributed by atoms with Crippen molar-refractivity contribution in [2.45, 2.75) is 13.0 Å². The first-order chi connectivity index (χ1) is 11.7. The maximum atomic E-state index is 12.1. The van der Waals surface area contributed by atoms with Crippen molar-refractivity contribution in [1.29, 1.82) is 0 Å². The van der Waals surface area contributed by atoms with Crippen LogP contribution >= 0.6 is 0 Å². The fourth-order valence-corrected chi connectivity index (χ4v) is 2.51. The van der Waals surface area contributed by atoms with Gasteiger partial charge in [0.05, 0.1) is 7.11 Å². The molecule has 0 saturated heterocycles. The Morgan fingerprint density at radius 3 is 2.79 bits per heavy atom. The van der Waals surface area contributed by atoms with Crippen LogP contribution in [0.4, 0.5) is 0 Å². The molecule has 0 atom stereocenters. The van der Waals surface area contributed by atoms with E-state index in [1.54, 1.807) is 31.5 Å². The van der Waals surface area contributed by atoms with E-state index in [0.29, 0.717) is 18.6 Å². The Morgan fingerprint density at radius 2 is 2.00 bits per heavy atom. The van der Waals surface area contributed by atoms with Crippen molar-refractivity contribution in [2.75, 3.05) is 13.7 Å². The van der Waals surface area contributed by atoms with Gasteiger partial charge in [-0.3, -0.25) is 9.20 Å². The Bertz CT molecular complexity index is 913. The van der Waals surface area contributed by atoms with Crippen LogP contribution in [-0.4, -0.2) is 33.7 Å². The normalized spacial score (nSPS) is 10.7. The molecule has 0 aliphatic rings. The number of aromatic nitrogens is 3. The molecule has 7 nitrogen and oxygen atoms in total. The standard InChI is InChI=1S/C17H18N4O3/c1-24-14-7-3-2-6-13(14)9-10-18-16(22)12-21-17(23)20-11-5-4-8-15(20)19-21/h2-8,11H,9-10,12H2,1H3,(H,18,22). The van der Waals surface area contributed by atoms with E-state index in [2.05, 4.69) is 10.4 Å². The lowest BCUT2D eigenvalue weighted by Gasteiger charge is -2.08. The number of nitrogens with one attached hydrogen (secondary N) is 1. The highest BCUT2D eigenvalue weighted by molar-refractivity contribution is 5.75. The van der Waals surface area contributed by atoms with Crippen molar-refractivity contribution in [2.24, 2.45) is 0 Å². The van der Waals surface area contributed by atoms with Gasteiger partial charge in [-0.2, -0.15) is 0 Å². The van der Waals surface area contributed by atoms with Crippen LogP contribution in [0.1, 0.15) is 5.56 Å². The van der Waals surface area contributed by atoms with E-state index < -0.39 is 0 Å². The minimum absolute atomic E-state index is 0.105. The Morgan fingerprint density at radius 1 is 1.21 bits per heavy atom. The van der Waals surface area contributed by atoms with Crippen LogP contribution in [0.25, 0.3) is 5.65 Å². The van der Waals surface area contributed by atoms with Gasteiger partial charge in [-0.25, -0.2) is 9.48 Å². The maximum Gasteiger partial charge on any atom is 0.350 e. The Kier molecular flexibility index (Phi) is 4.60. The first kappa shape index (κ1) is 15.8. The molecule has 1 N–H and O–H groups in total. The molecule has 0 aliphatic heterocycles. The fourth-order valence-electron chi connectivity index (χ4n) is 2.51. The molecule has 0 spiro atoms. The van der Waals surface area contributed by atoms with E-state index in [9.17, 15) is 9.59 Å². The molecule has 0 fully saturated rings. The van der Waals surface area contributed by atoms with Crippen LogP contribution in [-0.2, 0) is 17.8 Å². The Labute approximate surface area is 138 Å². The van der Waals surface area contributed by atoms with Gasteiger partial charge >= 0.3 is 5.69 Å². The molecule has 0 saturated carbocycles. The van der Waals surface area contributed by atoms with Crippen molar-refractivity contribution in [1.82, 2.24) is 19.5 Å². The number of amides is 1. The number of carbonyl (C=O) groups is 1. The molecular weight excluding hydrogens is 308 g/mol. The number of methoxy groups -OCH3 is 1. The topological polar surface area (TPSA) is 77.6 Å². The fraction of sp³-hybridized carbons (Fsp3) is 0.235. The lowest BCUT2D eigenvalue weighted by molar-refractivity contribution is -0.121. The molecule has 0 aliphatic carbocycles. The monoisotopic (exact) mass is 326 g/mol. The largest absolute Gasteiger partial charge is 0.496 e. The predicted octanol–water partition coefficient (Wildman–Crippen LogP) is 0.863. The van der Waals surface area contributed by atoms with Gasteiger partial charge in [-0.15, -0.1) is 5.10 Å². The third kappa shape index (κ3) is 3.29. The van der Waals surface area contributed by atoms with Crippen LogP contribution < -0.4 is 15.7 Å². The summed E-state index contributed by atoms with van der Waals surface area (Å²) in [5.74, 6) is 0.540. The van der Waals surface area contributed by atoms with Crippen LogP contribution in [0.5, 0.6) is 5.75 Å². The molecule has 3 aromatic rings. The number of rotatable bonds is 6. The minimum Gasteiger partial charge on any atom is -0.496 e. The van der Waals surface area contributed by atoms with Crippen molar-refractivity contribution in [3.8, 4) is 5.75 Å². The molecule has 1 amide bonds. The number of carbonyl (C=O) groups excluding carboxylic acids is 1. The zero-order valence-electron chi connectivity index (χ0n) is 13.3. The minimum atomic E-state index is -0.328. The highest BCUT2D eigenvalue weighted by Crippen LogP contribution is 2.17. The number of hydrogen-bond acceptors (Lipinski definition) is 4. The molecule has 0 bridgehead atoms. The quantitative estimate of drug-likeness (QED) is 0.729.